The molecule has 3 aliphatic carbocycles. The maximum Gasteiger partial charge on any atom is 0.235 e. The van der Waals surface area contributed by atoms with Gasteiger partial charge < -0.3 is 14.6 Å². The monoisotopic (exact) mass is 490 g/mol. The molecule has 0 aromatic heterocycles. The zero-order valence-electron chi connectivity index (χ0n) is 19.2. The van der Waals surface area contributed by atoms with Crippen molar-refractivity contribution >= 4 is 21.7 Å². The first-order valence-electron chi connectivity index (χ1n) is 12.1. The lowest BCUT2D eigenvalue weighted by Gasteiger charge is -2.64. The molecule has 1 aromatic rings. The Labute approximate surface area is 198 Å². The topological polar surface area (TPSA) is 122 Å². The lowest BCUT2D eigenvalue weighted by Crippen LogP contribution is -2.77. The first-order chi connectivity index (χ1) is 16.1. The number of carbonyl (C=O) groups excluding carboxylic acids is 2. The number of hydrogen-bond acceptors (Lipinski definition) is 8. The molecule has 0 radical (unpaired) electrons. The first kappa shape index (κ1) is 22.3. The number of carbonyl (C=O) groups is 2. The van der Waals surface area contributed by atoms with E-state index in [0.29, 0.717) is 30.9 Å². The van der Waals surface area contributed by atoms with Crippen LogP contribution < -0.4 is 9.46 Å². The highest BCUT2D eigenvalue weighted by Crippen LogP contribution is 2.66. The van der Waals surface area contributed by atoms with Crippen molar-refractivity contribution in [3.05, 3.63) is 23.3 Å². The second-order valence-electron chi connectivity index (χ2n) is 10.6. The summed E-state index contributed by atoms with van der Waals surface area (Å²) < 4.78 is 37.8. The third-order valence-electron chi connectivity index (χ3n) is 8.51. The maximum atomic E-state index is 13.2. The van der Waals surface area contributed by atoms with Crippen LogP contribution in [0.25, 0.3) is 0 Å². The van der Waals surface area contributed by atoms with Gasteiger partial charge in [-0.2, -0.15) is 0 Å². The number of ketones is 1. The molecule has 4 atom stereocenters. The van der Waals surface area contributed by atoms with Crippen LogP contribution in [-0.2, 0) is 36.2 Å². The van der Waals surface area contributed by atoms with Gasteiger partial charge in [0.05, 0.1) is 30.3 Å². The fourth-order valence-corrected chi connectivity index (χ4v) is 7.63. The van der Waals surface area contributed by atoms with Gasteiger partial charge in [0.25, 0.3) is 0 Å². The van der Waals surface area contributed by atoms with E-state index in [1.807, 2.05) is 10.8 Å². The van der Waals surface area contributed by atoms with Gasteiger partial charge in [-0.1, -0.05) is 6.07 Å². The predicted octanol–water partition coefficient (Wildman–Crippen LogP) is 1.02. The molecule has 2 aliphatic heterocycles. The molecule has 9 nitrogen and oxygen atoms in total. The highest BCUT2D eigenvalue weighted by molar-refractivity contribution is 7.89. The van der Waals surface area contributed by atoms with Crippen LogP contribution in [0.1, 0.15) is 49.7 Å². The molecule has 3 fully saturated rings. The van der Waals surface area contributed by atoms with E-state index in [1.165, 1.54) is 12.8 Å². The standard InChI is InChI=1S/C24H30N2O7S/c1-34(30,31)25-19(29)7-11-32-24-8-6-17(28)22-23(24)9-10-26(13-14-2-3-14)18(24)12-15-4-5-16(27)21(33-22)20(15)23/h4-5,14,18,22,27H,2-3,6-13H2,1H3,(H,25,29)/t18-,22+,23?,24-/m1/s1. The zero-order chi connectivity index (χ0) is 23.9. The molecular weight excluding hydrogens is 460 g/mol. The summed E-state index contributed by atoms with van der Waals surface area (Å²) in [5.74, 6) is 0.526. The number of benzene rings is 1. The smallest absolute Gasteiger partial charge is 0.235 e. The fraction of sp³-hybridized carbons (Fsp3) is 0.667. The molecule has 2 heterocycles. The van der Waals surface area contributed by atoms with Crippen molar-refractivity contribution in [3.8, 4) is 11.5 Å². The average Bonchev–Trinajstić information content (AvgIpc) is 3.49. The number of Topliss-reactive ketones (excluding diaryl/α,β-unsaturated/α-hetero) is 1. The van der Waals surface area contributed by atoms with E-state index in [0.717, 1.165) is 36.9 Å². The summed E-state index contributed by atoms with van der Waals surface area (Å²) in [7, 11) is -3.64. The molecule has 2 saturated carbocycles. The quantitative estimate of drug-likeness (QED) is 0.581. The highest BCUT2D eigenvalue weighted by atomic mass is 32.2. The molecule has 5 aliphatic rings. The van der Waals surface area contributed by atoms with Crippen LogP contribution in [0, 0.1) is 5.92 Å². The summed E-state index contributed by atoms with van der Waals surface area (Å²) in [4.78, 5) is 27.9. The lowest BCUT2D eigenvalue weighted by molar-refractivity contribution is -0.213. The summed E-state index contributed by atoms with van der Waals surface area (Å²) in [5.41, 5.74) is 0.510. The molecule has 2 N–H and O–H groups in total. The van der Waals surface area contributed by atoms with E-state index in [9.17, 15) is 23.1 Å². The first-order valence-corrected chi connectivity index (χ1v) is 14.0. The molecule has 10 heteroatoms. The van der Waals surface area contributed by atoms with E-state index in [2.05, 4.69) is 4.90 Å². The largest absolute Gasteiger partial charge is 0.504 e. The molecular formula is C24H30N2O7S. The summed E-state index contributed by atoms with van der Waals surface area (Å²) in [6.07, 6.45) is 4.79. The van der Waals surface area contributed by atoms with E-state index in [1.54, 1.807) is 6.07 Å². The van der Waals surface area contributed by atoms with Gasteiger partial charge in [-0.25, -0.2) is 8.42 Å². The lowest BCUT2D eigenvalue weighted by atomic mass is 9.48. The van der Waals surface area contributed by atoms with Crippen LogP contribution in [0.4, 0.5) is 0 Å². The van der Waals surface area contributed by atoms with Crippen LogP contribution in [0.15, 0.2) is 12.1 Å². The van der Waals surface area contributed by atoms with E-state index < -0.39 is 33.1 Å². The van der Waals surface area contributed by atoms with Crippen molar-refractivity contribution in [2.75, 3.05) is 26.0 Å². The van der Waals surface area contributed by atoms with Crippen molar-refractivity contribution in [1.29, 1.82) is 0 Å². The summed E-state index contributed by atoms with van der Waals surface area (Å²) in [5, 5.41) is 10.6. The van der Waals surface area contributed by atoms with Gasteiger partial charge in [0, 0.05) is 24.6 Å². The van der Waals surface area contributed by atoms with Gasteiger partial charge in [0.15, 0.2) is 23.4 Å². The minimum atomic E-state index is -3.64. The number of phenolic OH excluding ortho intramolecular Hbond substituents is 1. The SMILES string of the molecule is CS(=O)(=O)NC(=O)CCO[C@@]12CCC(=O)[C@@H]3Oc4c(O)ccc5c4C31CCN(CC1CC1)[C@@H]2C5. The maximum absolute atomic E-state index is 13.2. The second kappa shape index (κ2) is 7.41. The third kappa shape index (κ3) is 3.14. The van der Waals surface area contributed by atoms with Crippen LogP contribution in [0.3, 0.4) is 0 Å². The molecule has 34 heavy (non-hydrogen) atoms. The summed E-state index contributed by atoms with van der Waals surface area (Å²) in [6, 6.07) is 3.61. The van der Waals surface area contributed by atoms with Gasteiger partial charge in [-0.15, -0.1) is 0 Å². The molecule has 1 amide bonds. The van der Waals surface area contributed by atoms with Crippen molar-refractivity contribution in [1.82, 2.24) is 9.62 Å². The number of rotatable bonds is 7. The van der Waals surface area contributed by atoms with Gasteiger partial charge in [-0.3, -0.25) is 19.2 Å². The van der Waals surface area contributed by atoms with Gasteiger partial charge in [0.1, 0.15) is 0 Å². The second-order valence-corrected chi connectivity index (χ2v) is 12.3. The molecule has 1 saturated heterocycles. The predicted molar refractivity (Wildman–Crippen MR) is 121 cm³/mol. The Morgan fingerprint density at radius 3 is 2.85 bits per heavy atom. The Morgan fingerprint density at radius 1 is 1.32 bits per heavy atom. The number of aromatic hydroxyl groups is 1. The summed E-state index contributed by atoms with van der Waals surface area (Å²) in [6.45, 7) is 1.85. The van der Waals surface area contributed by atoms with Crippen molar-refractivity contribution in [3.63, 3.8) is 0 Å². The van der Waals surface area contributed by atoms with Crippen molar-refractivity contribution in [2.45, 2.75) is 68.1 Å². The Kier molecular flexibility index (Phi) is 4.86. The van der Waals surface area contributed by atoms with Crippen LogP contribution >= 0.6 is 0 Å². The Hall–Kier alpha value is -2.17. The normalized spacial score (nSPS) is 33.9. The average molecular weight is 491 g/mol. The molecule has 2 bridgehead atoms. The molecule has 1 aromatic carbocycles. The van der Waals surface area contributed by atoms with E-state index >= 15 is 0 Å². The highest BCUT2D eigenvalue weighted by Gasteiger charge is 2.74. The third-order valence-corrected chi connectivity index (χ3v) is 9.10. The van der Waals surface area contributed by atoms with Crippen LogP contribution in [0.5, 0.6) is 11.5 Å². The number of likely N-dealkylation sites (tertiary alicyclic amines) is 1. The van der Waals surface area contributed by atoms with Crippen molar-refractivity contribution in [2.24, 2.45) is 5.92 Å². The Morgan fingerprint density at radius 2 is 2.12 bits per heavy atom. The Bertz CT molecular complexity index is 1180. The number of amides is 1. The fourth-order valence-electron chi connectivity index (χ4n) is 7.11. The van der Waals surface area contributed by atoms with Crippen molar-refractivity contribution < 1.29 is 32.6 Å². The number of hydrogen-bond donors (Lipinski definition) is 2. The number of sulfonamides is 1. The number of phenols is 1. The zero-order valence-corrected chi connectivity index (χ0v) is 20.0. The van der Waals surface area contributed by atoms with Crippen LogP contribution in [-0.4, -0.2) is 73.8 Å². The number of nitrogens with one attached hydrogen (secondary N) is 1. The van der Waals surface area contributed by atoms with Crippen LogP contribution in [0.2, 0.25) is 0 Å². The van der Waals surface area contributed by atoms with E-state index in [4.69, 9.17) is 9.47 Å². The molecule has 1 unspecified atom stereocenters. The van der Waals surface area contributed by atoms with Gasteiger partial charge in [-0.05, 0) is 56.2 Å². The minimum Gasteiger partial charge on any atom is -0.504 e. The van der Waals surface area contributed by atoms with E-state index in [-0.39, 0.29) is 30.6 Å². The minimum absolute atomic E-state index is 0.0158. The van der Waals surface area contributed by atoms with Gasteiger partial charge in [0.2, 0.25) is 15.9 Å². The number of nitrogens with zero attached hydrogens (tertiary/aromatic N) is 1. The number of piperidine rings is 1. The molecule has 1 spiro atoms. The molecule has 6 rings (SSSR count). The van der Waals surface area contributed by atoms with Gasteiger partial charge >= 0.3 is 0 Å². The molecule has 184 valence electrons. The Balaban J connectivity index is 1.41. The summed E-state index contributed by atoms with van der Waals surface area (Å²) >= 11 is 0. The number of ether oxygens (including phenoxy) is 2.